The van der Waals surface area contributed by atoms with E-state index in [4.69, 9.17) is 9.84 Å². The van der Waals surface area contributed by atoms with Crippen LogP contribution in [0, 0.1) is 12.8 Å². The fourth-order valence-electron chi connectivity index (χ4n) is 2.25. The Morgan fingerprint density at radius 1 is 1.53 bits per heavy atom. The largest absolute Gasteiger partial charge is 0.496 e. The molecule has 0 saturated carbocycles. The SMILES string of the molecule is COc1cccc(N2CC(CO)CC2=O)c1C. The molecule has 1 aromatic carbocycles. The highest BCUT2D eigenvalue weighted by Crippen LogP contribution is 2.32. The zero-order valence-corrected chi connectivity index (χ0v) is 10.1. The fraction of sp³-hybridized carbons (Fsp3) is 0.462. The van der Waals surface area contributed by atoms with Crippen molar-refractivity contribution in [2.75, 3.05) is 25.2 Å². The van der Waals surface area contributed by atoms with E-state index >= 15 is 0 Å². The van der Waals surface area contributed by atoms with E-state index in [1.807, 2.05) is 25.1 Å². The van der Waals surface area contributed by atoms with Gasteiger partial charge in [0.25, 0.3) is 0 Å². The number of carbonyl (C=O) groups excluding carboxylic acids is 1. The Morgan fingerprint density at radius 3 is 2.88 bits per heavy atom. The van der Waals surface area contributed by atoms with Crippen LogP contribution < -0.4 is 9.64 Å². The maximum atomic E-state index is 11.9. The van der Waals surface area contributed by atoms with E-state index in [-0.39, 0.29) is 18.4 Å². The van der Waals surface area contributed by atoms with Crippen LogP contribution in [-0.2, 0) is 4.79 Å². The van der Waals surface area contributed by atoms with E-state index in [9.17, 15) is 4.79 Å². The highest BCUT2D eigenvalue weighted by Gasteiger charge is 2.31. The fourth-order valence-corrected chi connectivity index (χ4v) is 2.25. The molecule has 0 aromatic heterocycles. The molecule has 1 fully saturated rings. The molecule has 17 heavy (non-hydrogen) atoms. The lowest BCUT2D eigenvalue weighted by Gasteiger charge is -2.20. The monoisotopic (exact) mass is 235 g/mol. The van der Waals surface area contributed by atoms with Gasteiger partial charge in [-0.3, -0.25) is 4.79 Å². The van der Waals surface area contributed by atoms with Gasteiger partial charge in [0.1, 0.15) is 5.75 Å². The molecule has 1 amide bonds. The van der Waals surface area contributed by atoms with Crippen LogP contribution in [0.25, 0.3) is 0 Å². The van der Waals surface area contributed by atoms with Crippen LogP contribution in [0.2, 0.25) is 0 Å². The first-order valence-corrected chi connectivity index (χ1v) is 5.72. The van der Waals surface area contributed by atoms with Crippen molar-refractivity contribution in [1.29, 1.82) is 0 Å². The lowest BCUT2D eigenvalue weighted by atomic mass is 10.1. The smallest absolute Gasteiger partial charge is 0.227 e. The maximum absolute atomic E-state index is 11.9. The summed E-state index contributed by atoms with van der Waals surface area (Å²) in [6.45, 7) is 2.59. The van der Waals surface area contributed by atoms with Gasteiger partial charge in [-0.1, -0.05) is 6.07 Å². The minimum atomic E-state index is 0.0492. The van der Waals surface area contributed by atoms with Gasteiger partial charge in [0.2, 0.25) is 5.91 Å². The number of methoxy groups -OCH3 is 1. The van der Waals surface area contributed by atoms with Gasteiger partial charge < -0.3 is 14.7 Å². The standard InChI is InChI=1S/C13H17NO3/c1-9-11(4-3-5-12(9)17-2)14-7-10(8-15)6-13(14)16/h3-5,10,15H,6-8H2,1-2H3. The van der Waals surface area contributed by atoms with Gasteiger partial charge in [0, 0.05) is 31.1 Å². The summed E-state index contributed by atoms with van der Waals surface area (Å²) in [5, 5.41) is 9.11. The van der Waals surface area contributed by atoms with Gasteiger partial charge in [-0.15, -0.1) is 0 Å². The molecule has 1 N–H and O–H groups in total. The number of carbonyl (C=O) groups is 1. The Bertz CT molecular complexity index is 431. The predicted molar refractivity (Wildman–Crippen MR) is 65.3 cm³/mol. The molecule has 1 aliphatic heterocycles. The van der Waals surface area contributed by atoms with E-state index in [0.717, 1.165) is 17.0 Å². The molecule has 1 saturated heterocycles. The Morgan fingerprint density at radius 2 is 2.29 bits per heavy atom. The third-order valence-corrected chi connectivity index (χ3v) is 3.23. The Hall–Kier alpha value is -1.55. The molecule has 0 spiro atoms. The first-order chi connectivity index (χ1) is 8.17. The van der Waals surface area contributed by atoms with E-state index in [2.05, 4.69) is 0 Å². The normalized spacial score (nSPS) is 19.8. The van der Waals surface area contributed by atoms with Gasteiger partial charge >= 0.3 is 0 Å². The highest BCUT2D eigenvalue weighted by atomic mass is 16.5. The molecule has 1 aromatic rings. The van der Waals surface area contributed by atoms with Crippen LogP contribution in [0.5, 0.6) is 5.75 Å². The molecule has 1 heterocycles. The summed E-state index contributed by atoms with van der Waals surface area (Å²) in [6, 6.07) is 5.67. The summed E-state index contributed by atoms with van der Waals surface area (Å²) < 4.78 is 5.25. The number of hydrogen-bond donors (Lipinski definition) is 1. The number of aliphatic hydroxyl groups is 1. The van der Waals surface area contributed by atoms with Crippen molar-refractivity contribution in [3.8, 4) is 5.75 Å². The van der Waals surface area contributed by atoms with Crippen LogP contribution in [-0.4, -0.2) is 31.3 Å². The summed E-state index contributed by atoms with van der Waals surface area (Å²) in [7, 11) is 1.62. The van der Waals surface area contributed by atoms with Crippen LogP contribution in [0.3, 0.4) is 0 Å². The van der Waals surface area contributed by atoms with Crippen LogP contribution in [0.15, 0.2) is 18.2 Å². The zero-order valence-electron chi connectivity index (χ0n) is 10.1. The molecule has 1 unspecified atom stereocenters. The van der Waals surface area contributed by atoms with E-state index in [1.165, 1.54) is 0 Å². The predicted octanol–water partition coefficient (Wildman–Crippen LogP) is 1.35. The van der Waals surface area contributed by atoms with Crippen molar-refractivity contribution >= 4 is 11.6 Å². The summed E-state index contributed by atoms with van der Waals surface area (Å²) >= 11 is 0. The molecule has 0 aliphatic carbocycles. The molecular formula is C13H17NO3. The van der Waals surface area contributed by atoms with E-state index in [0.29, 0.717) is 13.0 Å². The van der Waals surface area contributed by atoms with Gasteiger partial charge in [-0.2, -0.15) is 0 Å². The topological polar surface area (TPSA) is 49.8 Å². The van der Waals surface area contributed by atoms with Crippen molar-refractivity contribution in [3.05, 3.63) is 23.8 Å². The van der Waals surface area contributed by atoms with Crippen molar-refractivity contribution in [2.45, 2.75) is 13.3 Å². The second-order valence-corrected chi connectivity index (χ2v) is 4.36. The van der Waals surface area contributed by atoms with Crippen molar-refractivity contribution in [3.63, 3.8) is 0 Å². The van der Waals surface area contributed by atoms with Crippen molar-refractivity contribution < 1.29 is 14.6 Å². The average molecular weight is 235 g/mol. The first kappa shape index (κ1) is 11.9. The van der Waals surface area contributed by atoms with Gasteiger partial charge in [-0.25, -0.2) is 0 Å². The quantitative estimate of drug-likeness (QED) is 0.860. The Balaban J connectivity index is 2.32. The zero-order chi connectivity index (χ0) is 12.4. The molecule has 1 aliphatic rings. The van der Waals surface area contributed by atoms with E-state index < -0.39 is 0 Å². The number of benzene rings is 1. The molecule has 0 bridgehead atoms. The summed E-state index contributed by atoms with van der Waals surface area (Å²) in [5.74, 6) is 0.899. The number of aliphatic hydroxyl groups excluding tert-OH is 1. The van der Waals surface area contributed by atoms with Crippen molar-refractivity contribution in [1.82, 2.24) is 0 Å². The number of nitrogens with zero attached hydrogens (tertiary/aromatic N) is 1. The lowest BCUT2D eigenvalue weighted by Crippen LogP contribution is -2.25. The third kappa shape index (κ3) is 2.13. The number of amides is 1. The maximum Gasteiger partial charge on any atom is 0.227 e. The summed E-state index contributed by atoms with van der Waals surface area (Å²) in [6.07, 6.45) is 0.424. The second-order valence-electron chi connectivity index (χ2n) is 4.36. The Kier molecular flexibility index (Phi) is 3.33. The van der Waals surface area contributed by atoms with Crippen LogP contribution >= 0.6 is 0 Å². The van der Waals surface area contributed by atoms with Crippen LogP contribution in [0.1, 0.15) is 12.0 Å². The second kappa shape index (κ2) is 4.75. The molecule has 0 radical (unpaired) electrons. The first-order valence-electron chi connectivity index (χ1n) is 5.72. The highest BCUT2D eigenvalue weighted by molar-refractivity contribution is 5.96. The molecule has 92 valence electrons. The van der Waals surface area contributed by atoms with Crippen LogP contribution in [0.4, 0.5) is 5.69 Å². The minimum Gasteiger partial charge on any atom is -0.496 e. The molecule has 2 rings (SSSR count). The minimum absolute atomic E-state index is 0.0492. The molecule has 4 heteroatoms. The number of rotatable bonds is 3. The van der Waals surface area contributed by atoms with Gasteiger partial charge in [0.05, 0.1) is 12.8 Å². The van der Waals surface area contributed by atoms with Crippen molar-refractivity contribution in [2.24, 2.45) is 5.92 Å². The summed E-state index contributed by atoms with van der Waals surface area (Å²) in [4.78, 5) is 13.6. The van der Waals surface area contributed by atoms with Gasteiger partial charge in [-0.05, 0) is 19.1 Å². The Labute approximate surface area is 101 Å². The lowest BCUT2D eigenvalue weighted by molar-refractivity contribution is -0.117. The number of anilines is 1. The number of ether oxygens (including phenoxy) is 1. The summed E-state index contributed by atoms with van der Waals surface area (Å²) in [5.41, 5.74) is 1.84. The molecule has 1 atom stereocenters. The third-order valence-electron chi connectivity index (χ3n) is 3.23. The van der Waals surface area contributed by atoms with Gasteiger partial charge in [0.15, 0.2) is 0 Å². The average Bonchev–Trinajstić information content (AvgIpc) is 2.71. The molecule has 4 nitrogen and oxygen atoms in total. The molecular weight excluding hydrogens is 218 g/mol. The number of hydrogen-bond acceptors (Lipinski definition) is 3. The van der Waals surface area contributed by atoms with E-state index in [1.54, 1.807) is 12.0 Å².